The van der Waals surface area contributed by atoms with E-state index in [9.17, 15) is 4.79 Å². The lowest BCUT2D eigenvalue weighted by Crippen LogP contribution is -2.37. The molecule has 7 nitrogen and oxygen atoms in total. The minimum Gasteiger partial charge on any atom is -0.447 e. The molecule has 1 aromatic carbocycles. The van der Waals surface area contributed by atoms with E-state index in [0.29, 0.717) is 18.4 Å². The number of carbonyl (C=O) groups is 1. The third-order valence-corrected chi connectivity index (χ3v) is 4.57. The molecule has 1 aliphatic heterocycles. The Labute approximate surface area is 153 Å². The summed E-state index contributed by atoms with van der Waals surface area (Å²) in [6.45, 7) is 6.51. The van der Waals surface area contributed by atoms with Gasteiger partial charge in [-0.2, -0.15) is 4.98 Å². The highest BCUT2D eigenvalue weighted by atomic mass is 16.6. The van der Waals surface area contributed by atoms with Gasteiger partial charge in [0.05, 0.1) is 18.7 Å². The number of hydrogen-bond acceptors (Lipinski definition) is 6. The van der Waals surface area contributed by atoms with Crippen molar-refractivity contribution in [3.05, 3.63) is 47.7 Å². The van der Waals surface area contributed by atoms with Crippen molar-refractivity contribution >= 4 is 17.9 Å². The number of aliphatic hydroxyl groups excluding tert-OH is 1. The van der Waals surface area contributed by atoms with Gasteiger partial charge in [-0.15, -0.1) is 0 Å². The van der Waals surface area contributed by atoms with Crippen LogP contribution in [0.25, 0.3) is 0 Å². The first kappa shape index (κ1) is 18.1. The van der Waals surface area contributed by atoms with Crippen molar-refractivity contribution in [1.29, 1.82) is 0 Å². The van der Waals surface area contributed by atoms with Crippen LogP contribution >= 0.6 is 0 Å². The smallest absolute Gasteiger partial charge is 0.415 e. The molecule has 1 aliphatic rings. The van der Waals surface area contributed by atoms with Crippen LogP contribution in [0.15, 0.2) is 36.5 Å². The quantitative estimate of drug-likeness (QED) is 0.827. The van der Waals surface area contributed by atoms with Gasteiger partial charge in [-0.05, 0) is 30.0 Å². The molecular weight excluding hydrogens is 332 g/mol. The lowest BCUT2D eigenvalue weighted by atomic mass is 10.0. The summed E-state index contributed by atoms with van der Waals surface area (Å²) in [4.78, 5) is 22.5. The van der Waals surface area contributed by atoms with Crippen LogP contribution in [0.2, 0.25) is 0 Å². The summed E-state index contributed by atoms with van der Waals surface area (Å²) >= 11 is 0. The van der Waals surface area contributed by atoms with Gasteiger partial charge < -0.3 is 15.2 Å². The largest absolute Gasteiger partial charge is 0.447 e. The zero-order chi connectivity index (χ0) is 18.7. The average Bonchev–Trinajstić information content (AvgIpc) is 3.04. The summed E-state index contributed by atoms with van der Waals surface area (Å²) in [7, 11) is 0. The zero-order valence-corrected chi connectivity index (χ0v) is 15.2. The molecule has 2 unspecified atom stereocenters. The first-order valence-electron chi connectivity index (χ1n) is 8.75. The van der Waals surface area contributed by atoms with Gasteiger partial charge in [-0.1, -0.05) is 38.1 Å². The first-order chi connectivity index (χ1) is 12.5. The van der Waals surface area contributed by atoms with Gasteiger partial charge >= 0.3 is 6.09 Å². The molecule has 0 radical (unpaired) electrons. The second kappa shape index (κ2) is 7.70. The van der Waals surface area contributed by atoms with Gasteiger partial charge in [0.2, 0.25) is 5.95 Å². The summed E-state index contributed by atoms with van der Waals surface area (Å²) in [5.41, 5.74) is 1.92. The van der Waals surface area contributed by atoms with Crippen molar-refractivity contribution in [2.45, 2.75) is 39.5 Å². The fraction of sp³-hybridized carbons (Fsp3) is 0.421. The molecule has 2 heterocycles. The molecule has 0 aliphatic carbocycles. The maximum absolute atomic E-state index is 12.1. The van der Waals surface area contributed by atoms with E-state index in [2.05, 4.69) is 29.1 Å². The van der Waals surface area contributed by atoms with E-state index < -0.39 is 0 Å². The Balaban J connectivity index is 1.77. The molecule has 26 heavy (non-hydrogen) atoms. The lowest BCUT2D eigenvalue weighted by molar-refractivity contribution is 0.177. The highest BCUT2D eigenvalue weighted by Crippen LogP contribution is 2.26. The number of amides is 1. The molecule has 1 amide bonds. The van der Waals surface area contributed by atoms with Crippen LogP contribution in [-0.2, 0) is 11.3 Å². The molecular formula is C19H24N4O3. The maximum Gasteiger partial charge on any atom is 0.415 e. The Hall–Kier alpha value is -2.67. The van der Waals surface area contributed by atoms with Crippen LogP contribution in [0.1, 0.15) is 37.9 Å². The molecule has 1 fully saturated rings. The summed E-state index contributed by atoms with van der Waals surface area (Å²) in [5, 5.41) is 12.4. The van der Waals surface area contributed by atoms with Gasteiger partial charge in [0.1, 0.15) is 12.4 Å². The van der Waals surface area contributed by atoms with Crippen molar-refractivity contribution < 1.29 is 14.6 Å². The Morgan fingerprint density at radius 3 is 2.65 bits per heavy atom. The van der Waals surface area contributed by atoms with Crippen LogP contribution in [0.5, 0.6) is 0 Å². The van der Waals surface area contributed by atoms with Crippen LogP contribution in [0.3, 0.4) is 0 Å². The Bertz CT molecular complexity index is 764. The summed E-state index contributed by atoms with van der Waals surface area (Å²) in [5.74, 6) is 1.24. The highest BCUT2D eigenvalue weighted by molar-refractivity contribution is 5.89. The molecule has 3 rings (SSSR count). The molecule has 1 saturated heterocycles. The topological polar surface area (TPSA) is 87.6 Å². The number of nitrogens with zero attached hydrogens (tertiary/aromatic N) is 3. The summed E-state index contributed by atoms with van der Waals surface area (Å²) < 4.78 is 5.19. The van der Waals surface area contributed by atoms with E-state index in [1.165, 1.54) is 0 Å². The van der Waals surface area contributed by atoms with Crippen LogP contribution < -0.4 is 10.2 Å². The minimum atomic E-state index is -0.374. The Morgan fingerprint density at radius 1 is 1.27 bits per heavy atom. The van der Waals surface area contributed by atoms with Crippen molar-refractivity contribution in [3.63, 3.8) is 0 Å². The van der Waals surface area contributed by atoms with E-state index in [1.807, 2.05) is 31.2 Å². The Kier molecular flexibility index (Phi) is 5.37. The summed E-state index contributed by atoms with van der Waals surface area (Å²) in [6, 6.07) is 9.35. The van der Waals surface area contributed by atoms with Crippen LogP contribution in [-0.4, -0.2) is 33.8 Å². The number of aromatic nitrogens is 2. The van der Waals surface area contributed by atoms with E-state index in [-0.39, 0.29) is 30.7 Å². The number of rotatable bonds is 6. The number of cyclic esters (lactones) is 1. The zero-order valence-electron chi connectivity index (χ0n) is 15.2. The molecule has 1 aromatic heterocycles. The molecule has 2 N–H and O–H groups in total. The second-order valence-electron chi connectivity index (χ2n) is 6.76. The van der Waals surface area contributed by atoms with Crippen LogP contribution in [0.4, 0.5) is 16.6 Å². The number of carbonyl (C=O) groups excluding carboxylic acids is 1. The first-order valence-corrected chi connectivity index (χ1v) is 8.75. The summed E-state index contributed by atoms with van der Waals surface area (Å²) in [6.07, 6.45) is 1.26. The molecule has 2 aromatic rings. The molecule has 7 heteroatoms. The minimum absolute atomic E-state index is 0.0237. The lowest BCUT2D eigenvalue weighted by Gasteiger charge is -2.23. The number of nitrogens with one attached hydrogen (secondary N) is 1. The fourth-order valence-corrected chi connectivity index (χ4v) is 2.93. The number of benzene rings is 1. The van der Waals surface area contributed by atoms with E-state index in [4.69, 9.17) is 9.84 Å². The molecule has 0 spiro atoms. The average molecular weight is 356 g/mol. The number of ether oxygens (including phenoxy) is 1. The normalized spacial score (nSPS) is 18.1. The fourth-order valence-electron chi connectivity index (χ4n) is 2.93. The monoisotopic (exact) mass is 356 g/mol. The standard InChI is InChI=1S/C19H24N4O3/c1-12(2)16-11-26-19(25)23(16)17-8-9-20-18(22-17)21-13(3)15-6-4-14(10-24)5-7-15/h4-9,12-13,16,24H,10-11H2,1-3H3,(H,20,21,22). The number of hydrogen-bond donors (Lipinski definition) is 2. The predicted octanol–water partition coefficient (Wildman–Crippen LogP) is 3.12. The molecule has 0 bridgehead atoms. The van der Waals surface area contributed by atoms with Gasteiger partial charge in [-0.25, -0.2) is 9.78 Å². The van der Waals surface area contributed by atoms with Gasteiger partial charge in [-0.3, -0.25) is 4.90 Å². The van der Waals surface area contributed by atoms with Crippen molar-refractivity contribution in [3.8, 4) is 0 Å². The van der Waals surface area contributed by atoms with Crippen LogP contribution in [0, 0.1) is 5.92 Å². The third-order valence-electron chi connectivity index (χ3n) is 4.57. The highest BCUT2D eigenvalue weighted by Gasteiger charge is 2.37. The van der Waals surface area contributed by atoms with Crippen molar-refractivity contribution in [2.24, 2.45) is 5.92 Å². The second-order valence-corrected chi connectivity index (χ2v) is 6.76. The van der Waals surface area contributed by atoms with Gasteiger partial charge in [0.15, 0.2) is 0 Å². The maximum atomic E-state index is 12.1. The predicted molar refractivity (Wildman–Crippen MR) is 98.9 cm³/mol. The van der Waals surface area contributed by atoms with E-state index in [0.717, 1.165) is 11.1 Å². The molecule has 0 saturated carbocycles. The van der Waals surface area contributed by atoms with E-state index >= 15 is 0 Å². The van der Waals surface area contributed by atoms with E-state index in [1.54, 1.807) is 17.2 Å². The number of aliphatic hydroxyl groups is 1. The van der Waals surface area contributed by atoms with Gasteiger partial charge in [0.25, 0.3) is 0 Å². The Morgan fingerprint density at radius 2 is 2.00 bits per heavy atom. The molecule has 2 atom stereocenters. The SMILES string of the molecule is CC(Nc1nccc(N2C(=O)OCC2C(C)C)n1)c1ccc(CO)cc1. The number of anilines is 2. The van der Waals surface area contributed by atoms with Crippen molar-refractivity contribution in [2.75, 3.05) is 16.8 Å². The van der Waals surface area contributed by atoms with Crippen molar-refractivity contribution in [1.82, 2.24) is 9.97 Å². The van der Waals surface area contributed by atoms with Gasteiger partial charge in [0, 0.05) is 6.20 Å². The third kappa shape index (κ3) is 3.77. The molecule has 138 valence electrons.